The number of aryl methyl sites for hydroxylation is 1. The number of aliphatic carboxylic acids is 1. The highest BCUT2D eigenvalue weighted by atomic mass is 32.2. The molecule has 1 unspecified atom stereocenters. The predicted molar refractivity (Wildman–Crippen MR) is 67.2 cm³/mol. The van der Waals surface area contributed by atoms with Crippen LogP contribution in [0.15, 0.2) is 17.4 Å². The molecule has 0 saturated carbocycles. The van der Waals surface area contributed by atoms with Crippen molar-refractivity contribution in [2.75, 3.05) is 12.3 Å². The Bertz CT molecular complexity index is 400. The Morgan fingerprint density at radius 1 is 1.65 bits per heavy atom. The lowest BCUT2D eigenvalue weighted by atomic mass is 10.1. The van der Waals surface area contributed by atoms with E-state index in [1.807, 2.05) is 19.9 Å². The first-order valence-corrected chi connectivity index (χ1v) is 6.37. The molecule has 94 valence electrons. The second-order valence-electron chi connectivity index (χ2n) is 3.94. The summed E-state index contributed by atoms with van der Waals surface area (Å²) >= 11 is 1.34. The molecule has 1 aromatic heterocycles. The van der Waals surface area contributed by atoms with Gasteiger partial charge in [0.25, 0.3) is 0 Å². The summed E-state index contributed by atoms with van der Waals surface area (Å²) in [5.74, 6) is -0.473. The monoisotopic (exact) mass is 255 g/mol. The van der Waals surface area contributed by atoms with Gasteiger partial charge >= 0.3 is 5.97 Å². The van der Waals surface area contributed by atoms with Gasteiger partial charge in [-0.1, -0.05) is 18.7 Å². The fourth-order valence-electron chi connectivity index (χ4n) is 1.28. The van der Waals surface area contributed by atoms with Crippen molar-refractivity contribution < 1.29 is 9.90 Å². The molecule has 0 aromatic carbocycles. The van der Waals surface area contributed by atoms with Crippen molar-refractivity contribution in [2.24, 2.45) is 0 Å². The summed E-state index contributed by atoms with van der Waals surface area (Å²) in [6, 6.07) is 1.81. The Labute approximate surface area is 105 Å². The summed E-state index contributed by atoms with van der Waals surface area (Å²) < 4.78 is 0. The number of likely N-dealkylation sites (N-methyl/N-ethyl adjacent to an activating group) is 1. The molecular formula is C11H17N3O2S. The van der Waals surface area contributed by atoms with Gasteiger partial charge in [-0.2, -0.15) is 0 Å². The Kier molecular flexibility index (Phi) is 4.89. The minimum absolute atomic E-state index is 0.389. The van der Waals surface area contributed by atoms with Crippen LogP contribution >= 0.6 is 11.8 Å². The third-order valence-electron chi connectivity index (χ3n) is 2.30. The van der Waals surface area contributed by atoms with Crippen LogP contribution in [0.25, 0.3) is 0 Å². The van der Waals surface area contributed by atoms with Crippen LogP contribution in [-0.2, 0) is 4.79 Å². The molecule has 0 bridgehead atoms. The Morgan fingerprint density at radius 3 is 2.88 bits per heavy atom. The lowest BCUT2D eigenvalue weighted by Gasteiger charge is -2.24. The second kappa shape index (κ2) is 5.97. The quantitative estimate of drug-likeness (QED) is 0.590. The summed E-state index contributed by atoms with van der Waals surface area (Å²) in [5, 5.41) is 12.8. The van der Waals surface area contributed by atoms with E-state index in [4.69, 9.17) is 0 Å². The van der Waals surface area contributed by atoms with Gasteiger partial charge < -0.3 is 10.4 Å². The van der Waals surface area contributed by atoms with E-state index >= 15 is 0 Å². The van der Waals surface area contributed by atoms with Gasteiger partial charge in [-0.3, -0.25) is 4.79 Å². The van der Waals surface area contributed by atoms with E-state index in [0.29, 0.717) is 17.5 Å². The van der Waals surface area contributed by atoms with Crippen LogP contribution in [0.5, 0.6) is 0 Å². The zero-order chi connectivity index (χ0) is 12.9. The molecule has 5 nitrogen and oxygen atoms in total. The van der Waals surface area contributed by atoms with Gasteiger partial charge in [-0.05, 0) is 26.5 Å². The molecule has 1 atom stereocenters. The number of hydrogen-bond acceptors (Lipinski definition) is 5. The molecule has 0 saturated heterocycles. The maximum atomic E-state index is 11.2. The minimum Gasteiger partial charge on any atom is -0.480 e. The standard InChI is InChI=1S/C11H17N3O2S/c1-4-13-11(3,9(15)16)7-17-10-12-6-5-8(2)14-10/h5-6,13H,4,7H2,1-3H3,(H,15,16). The normalized spacial score (nSPS) is 14.3. The number of aromatic nitrogens is 2. The van der Waals surface area contributed by atoms with E-state index in [1.165, 1.54) is 11.8 Å². The molecule has 0 spiro atoms. The molecule has 17 heavy (non-hydrogen) atoms. The summed E-state index contributed by atoms with van der Waals surface area (Å²) in [6.45, 7) is 6.04. The van der Waals surface area contributed by atoms with Crippen LogP contribution in [0.4, 0.5) is 0 Å². The van der Waals surface area contributed by atoms with Crippen molar-refractivity contribution in [1.29, 1.82) is 0 Å². The van der Waals surface area contributed by atoms with E-state index in [0.717, 1.165) is 5.69 Å². The maximum absolute atomic E-state index is 11.2. The van der Waals surface area contributed by atoms with Crippen LogP contribution in [0.2, 0.25) is 0 Å². The third kappa shape index (κ3) is 3.98. The number of hydrogen-bond donors (Lipinski definition) is 2. The number of carboxylic acids is 1. The van der Waals surface area contributed by atoms with Crippen molar-refractivity contribution in [3.05, 3.63) is 18.0 Å². The average molecular weight is 255 g/mol. The molecule has 6 heteroatoms. The zero-order valence-electron chi connectivity index (χ0n) is 10.2. The van der Waals surface area contributed by atoms with Crippen LogP contribution < -0.4 is 5.32 Å². The first-order valence-electron chi connectivity index (χ1n) is 5.39. The van der Waals surface area contributed by atoms with E-state index in [2.05, 4.69) is 15.3 Å². The van der Waals surface area contributed by atoms with E-state index in [9.17, 15) is 9.90 Å². The van der Waals surface area contributed by atoms with Gasteiger partial charge in [0.2, 0.25) is 0 Å². The van der Waals surface area contributed by atoms with Crippen LogP contribution in [0, 0.1) is 6.92 Å². The van der Waals surface area contributed by atoms with Crippen molar-refractivity contribution >= 4 is 17.7 Å². The van der Waals surface area contributed by atoms with Crippen molar-refractivity contribution in [1.82, 2.24) is 15.3 Å². The number of rotatable bonds is 6. The molecule has 0 fully saturated rings. The van der Waals surface area contributed by atoms with Gasteiger partial charge in [0.1, 0.15) is 5.54 Å². The van der Waals surface area contributed by atoms with Gasteiger partial charge in [0, 0.05) is 17.6 Å². The SMILES string of the molecule is CCNC(C)(CSc1nccc(C)n1)C(=O)O. The molecule has 0 aliphatic rings. The van der Waals surface area contributed by atoms with Crippen LogP contribution in [-0.4, -0.2) is 38.9 Å². The smallest absolute Gasteiger partial charge is 0.324 e. The molecular weight excluding hydrogens is 238 g/mol. The fraction of sp³-hybridized carbons (Fsp3) is 0.545. The highest BCUT2D eigenvalue weighted by Gasteiger charge is 2.32. The molecule has 0 amide bonds. The largest absolute Gasteiger partial charge is 0.480 e. The first kappa shape index (κ1) is 13.9. The number of carboxylic acid groups (broad SMARTS) is 1. The van der Waals surface area contributed by atoms with Crippen molar-refractivity contribution in [3.63, 3.8) is 0 Å². The number of carbonyl (C=O) groups is 1. The molecule has 1 heterocycles. The second-order valence-corrected chi connectivity index (χ2v) is 4.88. The van der Waals surface area contributed by atoms with E-state index < -0.39 is 11.5 Å². The minimum atomic E-state index is -0.952. The average Bonchev–Trinajstić information content (AvgIpc) is 2.27. The van der Waals surface area contributed by atoms with Crippen molar-refractivity contribution in [2.45, 2.75) is 31.5 Å². The van der Waals surface area contributed by atoms with Gasteiger partial charge in [-0.25, -0.2) is 9.97 Å². The zero-order valence-corrected chi connectivity index (χ0v) is 11.0. The number of nitrogens with zero attached hydrogens (tertiary/aromatic N) is 2. The third-order valence-corrected chi connectivity index (χ3v) is 3.48. The Hall–Kier alpha value is -1.14. The first-order chi connectivity index (χ1) is 7.98. The number of nitrogens with one attached hydrogen (secondary N) is 1. The topological polar surface area (TPSA) is 75.1 Å². The highest BCUT2D eigenvalue weighted by Crippen LogP contribution is 2.19. The molecule has 1 rings (SSSR count). The molecule has 1 aromatic rings. The molecule has 0 radical (unpaired) electrons. The van der Waals surface area contributed by atoms with Gasteiger partial charge in [-0.15, -0.1) is 0 Å². The van der Waals surface area contributed by atoms with Crippen molar-refractivity contribution in [3.8, 4) is 0 Å². The van der Waals surface area contributed by atoms with Crippen LogP contribution in [0.1, 0.15) is 19.5 Å². The number of thioether (sulfide) groups is 1. The summed E-state index contributed by atoms with van der Waals surface area (Å²) in [6.07, 6.45) is 1.68. The fourth-order valence-corrected chi connectivity index (χ4v) is 2.27. The molecule has 0 aliphatic heterocycles. The summed E-state index contributed by atoms with van der Waals surface area (Å²) in [5.41, 5.74) is -0.0741. The van der Waals surface area contributed by atoms with E-state index in [1.54, 1.807) is 13.1 Å². The van der Waals surface area contributed by atoms with Crippen LogP contribution in [0.3, 0.4) is 0 Å². The van der Waals surface area contributed by atoms with E-state index in [-0.39, 0.29) is 0 Å². The molecule has 2 N–H and O–H groups in total. The maximum Gasteiger partial charge on any atom is 0.324 e. The highest BCUT2D eigenvalue weighted by molar-refractivity contribution is 7.99. The Balaban J connectivity index is 2.67. The summed E-state index contributed by atoms with van der Waals surface area (Å²) in [4.78, 5) is 19.5. The lowest BCUT2D eigenvalue weighted by molar-refractivity contribution is -0.143. The lowest BCUT2D eigenvalue weighted by Crippen LogP contribution is -2.51. The molecule has 0 aliphatic carbocycles. The summed E-state index contributed by atoms with van der Waals surface area (Å²) in [7, 11) is 0. The Morgan fingerprint density at radius 2 is 2.35 bits per heavy atom. The predicted octanol–water partition coefficient (Wildman–Crippen LogP) is 1.33. The van der Waals surface area contributed by atoms with Gasteiger partial charge in [0.15, 0.2) is 5.16 Å². The van der Waals surface area contributed by atoms with Gasteiger partial charge in [0.05, 0.1) is 0 Å².